The van der Waals surface area contributed by atoms with Gasteiger partial charge in [-0.3, -0.25) is 14.4 Å². The summed E-state index contributed by atoms with van der Waals surface area (Å²) in [7, 11) is 0. The van der Waals surface area contributed by atoms with Gasteiger partial charge in [0, 0.05) is 18.2 Å². The molecule has 2 atom stereocenters. The first kappa shape index (κ1) is 26.5. The number of aliphatic carboxylic acids is 2. The summed E-state index contributed by atoms with van der Waals surface area (Å²) >= 11 is 6.48. The van der Waals surface area contributed by atoms with Crippen LogP contribution in [0.25, 0.3) is 0 Å². The Morgan fingerprint density at radius 1 is 1.00 bits per heavy atom. The third-order valence-corrected chi connectivity index (χ3v) is 6.49. The molecule has 0 radical (unpaired) electrons. The molecular weight excluding hydrogens is 470 g/mol. The number of anilines is 2. The van der Waals surface area contributed by atoms with E-state index >= 15 is 0 Å². The van der Waals surface area contributed by atoms with E-state index in [9.17, 15) is 14.4 Å². The number of carbonyl (C=O) groups excluding carboxylic acids is 1. The molecule has 9 heteroatoms. The highest BCUT2D eigenvalue weighted by molar-refractivity contribution is 6.33. The molecule has 1 amide bonds. The molecule has 0 spiro atoms. The Morgan fingerprint density at radius 2 is 1.63 bits per heavy atom. The molecule has 2 aliphatic rings. The second kappa shape index (κ2) is 12.6. The molecule has 0 unspecified atom stereocenters. The monoisotopic (exact) mass is 501 g/mol. The van der Waals surface area contributed by atoms with Crippen molar-refractivity contribution >= 4 is 40.8 Å². The number of hydrogen-bond acceptors (Lipinski definition) is 5. The van der Waals surface area contributed by atoms with Crippen LogP contribution in [-0.2, 0) is 33.8 Å². The van der Waals surface area contributed by atoms with E-state index in [0.717, 1.165) is 54.3 Å². The first-order valence-electron chi connectivity index (χ1n) is 11.8. The van der Waals surface area contributed by atoms with Crippen molar-refractivity contribution in [3.63, 3.8) is 0 Å². The molecule has 1 heterocycles. The first-order valence-corrected chi connectivity index (χ1v) is 12.2. The minimum absolute atomic E-state index is 0.140. The van der Waals surface area contributed by atoms with E-state index < -0.39 is 11.9 Å². The number of rotatable bonds is 8. The van der Waals surface area contributed by atoms with Gasteiger partial charge in [0.05, 0.1) is 23.6 Å². The number of hydrogen-bond donors (Lipinski definition) is 5. The van der Waals surface area contributed by atoms with Gasteiger partial charge in [-0.25, -0.2) is 0 Å². The number of fused-ring (bicyclic) bond motifs is 1. The lowest BCUT2D eigenvalue weighted by molar-refractivity contribution is -0.143. The summed E-state index contributed by atoms with van der Waals surface area (Å²) in [4.78, 5) is 31.3. The highest BCUT2D eigenvalue weighted by Crippen LogP contribution is 2.38. The van der Waals surface area contributed by atoms with Crippen molar-refractivity contribution in [2.24, 2.45) is 11.8 Å². The Morgan fingerprint density at radius 3 is 2.23 bits per heavy atom. The van der Waals surface area contributed by atoms with Crippen LogP contribution in [0, 0.1) is 11.8 Å². The van der Waals surface area contributed by atoms with E-state index in [4.69, 9.17) is 21.8 Å². The maximum absolute atomic E-state index is 12.0. The van der Waals surface area contributed by atoms with E-state index in [-0.39, 0.29) is 24.7 Å². The van der Waals surface area contributed by atoms with Gasteiger partial charge in [0.15, 0.2) is 0 Å². The van der Waals surface area contributed by atoms with E-state index in [1.807, 2.05) is 18.2 Å². The number of benzene rings is 2. The van der Waals surface area contributed by atoms with E-state index in [0.29, 0.717) is 12.5 Å². The Labute approximate surface area is 210 Å². The SMILES string of the molecule is C[C@@H]1C[C@H]1C(=O)Nc1ccc(CNc2c(Cl)ccc3c2CCNCC3)cc1.O=C(O)CCC(=O)O. The first-order chi connectivity index (χ1) is 16.7. The fourth-order valence-electron chi connectivity index (χ4n) is 3.97. The fourth-order valence-corrected chi connectivity index (χ4v) is 4.21. The van der Waals surface area contributed by atoms with Gasteiger partial charge < -0.3 is 26.2 Å². The van der Waals surface area contributed by atoms with Crippen molar-refractivity contribution in [2.75, 3.05) is 23.7 Å². The maximum Gasteiger partial charge on any atom is 0.303 e. The average Bonchev–Trinajstić information content (AvgIpc) is 3.60. The standard InChI is InChI=1S/C22H26ClN3O.C4H6O4/c1-14-12-19(14)22(27)26-17-5-2-15(3-6-17)13-25-21-18-9-11-24-10-8-16(18)4-7-20(21)23;5-3(6)1-2-4(7)8/h2-7,14,19,24-25H,8-13H2,1H3,(H,26,27);1-2H2,(H,5,6)(H,7,8)/t14-,19-;/m1./s1. The van der Waals surface area contributed by atoms with Crippen molar-refractivity contribution in [2.45, 2.75) is 45.6 Å². The van der Waals surface area contributed by atoms with Crippen LogP contribution in [-0.4, -0.2) is 41.1 Å². The van der Waals surface area contributed by atoms with E-state index in [1.54, 1.807) is 0 Å². The lowest BCUT2D eigenvalue weighted by atomic mass is 10.0. The van der Waals surface area contributed by atoms with Gasteiger partial charge in [-0.05, 0) is 73.2 Å². The van der Waals surface area contributed by atoms with Crippen molar-refractivity contribution < 1.29 is 24.6 Å². The zero-order chi connectivity index (χ0) is 25.4. The van der Waals surface area contributed by atoms with Crippen LogP contribution in [0.2, 0.25) is 5.02 Å². The summed E-state index contributed by atoms with van der Waals surface area (Å²) < 4.78 is 0. The van der Waals surface area contributed by atoms with Crippen molar-refractivity contribution in [3.8, 4) is 0 Å². The van der Waals surface area contributed by atoms with E-state index in [1.165, 1.54) is 11.1 Å². The number of nitrogens with one attached hydrogen (secondary N) is 3. The summed E-state index contributed by atoms with van der Waals surface area (Å²) in [6.07, 6.45) is 2.44. The molecule has 4 rings (SSSR count). The molecule has 2 aromatic rings. The van der Waals surface area contributed by atoms with Gasteiger partial charge in [-0.15, -0.1) is 0 Å². The average molecular weight is 502 g/mol. The molecule has 1 saturated carbocycles. The number of halogens is 1. The number of amides is 1. The highest BCUT2D eigenvalue weighted by Gasteiger charge is 2.39. The van der Waals surface area contributed by atoms with Gasteiger partial charge in [-0.1, -0.05) is 36.7 Å². The summed E-state index contributed by atoms with van der Waals surface area (Å²) in [5.74, 6) is -1.30. The molecule has 1 aliphatic heterocycles. The molecular formula is C26H32ClN3O5. The minimum Gasteiger partial charge on any atom is -0.481 e. The molecule has 188 valence electrons. The van der Waals surface area contributed by atoms with Gasteiger partial charge in [-0.2, -0.15) is 0 Å². The summed E-state index contributed by atoms with van der Waals surface area (Å²) in [6, 6.07) is 12.2. The third-order valence-electron chi connectivity index (χ3n) is 6.17. The number of carboxylic acids is 2. The van der Waals surface area contributed by atoms with Crippen molar-refractivity contribution in [3.05, 3.63) is 58.1 Å². The molecule has 0 saturated heterocycles. The molecule has 0 bridgehead atoms. The van der Waals surface area contributed by atoms with Gasteiger partial charge in [0.25, 0.3) is 0 Å². The maximum atomic E-state index is 12.0. The molecule has 5 N–H and O–H groups in total. The van der Waals surface area contributed by atoms with Gasteiger partial charge >= 0.3 is 11.9 Å². The Balaban J connectivity index is 0.000000371. The predicted octanol–water partition coefficient (Wildman–Crippen LogP) is 4.17. The van der Waals surface area contributed by atoms with E-state index in [2.05, 4.69) is 41.1 Å². The lowest BCUT2D eigenvalue weighted by Crippen LogP contribution is -2.16. The second-order valence-corrected chi connectivity index (χ2v) is 9.36. The summed E-state index contributed by atoms with van der Waals surface area (Å²) in [6.45, 7) is 4.82. The van der Waals surface area contributed by atoms with Crippen LogP contribution in [0.1, 0.15) is 42.9 Å². The second-order valence-electron chi connectivity index (χ2n) is 8.96. The smallest absolute Gasteiger partial charge is 0.303 e. The molecule has 8 nitrogen and oxygen atoms in total. The fraction of sp³-hybridized carbons (Fsp3) is 0.423. The van der Waals surface area contributed by atoms with Crippen LogP contribution >= 0.6 is 11.6 Å². The van der Waals surface area contributed by atoms with Gasteiger partial charge in [0.1, 0.15) is 0 Å². The van der Waals surface area contributed by atoms with Crippen molar-refractivity contribution in [1.29, 1.82) is 0 Å². The minimum atomic E-state index is -1.08. The molecule has 0 aromatic heterocycles. The van der Waals surface area contributed by atoms with Crippen LogP contribution < -0.4 is 16.0 Å². The lowest BCUT2D eigenvalue weighted by Gasteiger charge is -2.16. The summed E-state index contributed by atoms with van der Waals surface area (Å²) in [5.41, 5.74) is 5.78. The largest absolute Gasteiger partial charge is 0.481 e. The third kappa shape index (κ3) is 8.26. The number of carboxylic acid groups (broad SMARTS) is 2. The highest BCUT2D eigenvalue weighted by atomic mass is 35.5. The summed E-state index contributed by atoms with van der Waals surface area (Å²) in [5, 5.41) is 26.6. The Kier molecular flexibility index (Phi) is 9.51. The zero-order valence-corrected chi connectivity index (χ0v) is 20.5. The van der Waals surface area contributed by atoms with Crippen LogP contribution in [0.4, 0.5) is 11.4 Å². The predicted molar refractivity (Wildman–Crippen MR) is 136 cm³/mol. The molecule has 2 aromatic carbocycles. The van der Waals surface area contributed by atoms with Crippen LogP contribution in [0.3, 0.4) is 0 Å². The number of carbonyl (C=O) groups is 3. The topological polar surface area (TPSA) is 128 Å². The zero-order valence-electron chi connectivity index (χ0n) is 19.8. The van der Waals surface area contributed by atoms with Gasteiger partial charge in [0.2, 0.25) is 5.91 Å². The molecule has 35 heavy (non-hydrogen) atoms. The quantitative estimate of drug-likeness (QED) is 0.367. The Bertz CT molecular complexity index is 1040. The van der Waals surface area contributed by atoms with Crippen molar-refractivity contribution in [1.82, 2.24) is 5.32 Å². The Hall–Kier alpha value is -3.10. The van der Waals surface area contributed by atoms with Crippen LogP contribution in [0.5, 0.6) is 0 Å². The molecule has 1 fully saturated rings. The normalized spacial score (nSPS) is 18.2. The van der Waals surface area contributed by atoms with Crippen LogP contribution in [0.15, 0.2) is 36.4 Å². The molecule has 1 aliphatic carbocycles.